The maximum absolute atomic E-state index is 6.15. The summed E-state index contributed by atoms with van der Waals surface area (Å²) in [4.78, 5) is 1.15. The number of nitrogens with one attached hydrogen (secondary N) is 1. The Morgan fingerprint density at radius 2 is 1.95 bits per heavy atom. The first-order valence-electron chi connectivity index (χ1n) is 6.16. The van der Waals surface area contributed by atoms with Gasteiger partial charge in [0.15, 0.2) is 0 Å². The second-order valence-corrected chi connectivity index (χ2v) is 7.69. The highest BCUT2D eigenvalue weighted by molar-refractivity contribution is 9.10. The van der Waals surface area contributed by atoms with Gasteiger partial charge in [0, 0.05) is 9.35 Å². The van der Waals surface area contributed by atoms with Crippen LogP contribution in [0.5, 0.6) is 0 Å². The van der Waals surface area contributed by atoms with E-state index in [0.717, 1.165) is 32.2 Å². The summed E-state index contributed by atoms with van der Waals surface area (Å²) in [5.74, 6) is 0. The van der Waals surface area contributed by atoms with E-state index in [-0.39, 0.29) is 6.04 Å². The molecule has 20 heavy (non-hydrogen) atoms. The molecule has 2 aromatic rings. The Morgan fingerprint density at radius 1 is 1.20 bits per heavy atom. The minimum atomic E-state index is 0.0681. The van der Waals surface area contributed by atoms with Gasteiger partial charge in [-0.1, -0.05) is 47.8 Å². The summed E-state index contributed by atoms with van der Waals surface area (Å²) < 4.78 is 1.67. The van der Waals surface area contributed by atoms with Gasteiger partial charge in [-0.3, -0.25) is 0 Å². The first-order valence-corrected chi connectivity index (χ1v) is 8.90. The van der Waals surface area contributed by atoms with Crippen molar-refractivity contribution in [3.8, 4) is 0 Å². The minimum absolute atomic E-state index is 0.0681. The molecule has 1 N–H and O–H groups in total. The Bertz CT molecular complexity index is 581. The van der Waals surface area contributed by atoms with E-state index in [1.807, 2.05) is 24.3 Å². The molecule has 0 spiro atoms. The van der Waals surface area contributed by atoms with Gasteiger partial charge >= 0.3 is 0 Å². The fraction of sp³-hybridized carbons (Fsp3) is 0.286. The molecule has 0 saturated heterocycles. The molecule has 108 valence electrons. The normalized spacial score (nSPS) is 12.7. The molecule has 2 rings (SSSR count). The molecule has 1 nitrogen and oxygen atoms in total. The van der Waals surface area contributed by atoms with Crippen LogP contribution in [-0.4, -0.2) is 6.54 Å². The van der Waals surface area contributed by atoms with Crippen molar-refractivity contribution in [1.29, 1.82) is 0 Å². The van der Waals surface area contributed by atoms with Crippen LogP contribution in [0.3, 0.4) is 0 Å². The SMILES string of the molecule is CCCNC(c1ccc(Cl)c(Cl)c1)c1cc(Br)c(Cl)s1. The fourth-order valence-corrected chi connectivity index (χ4v) is 4.02. The van der Waals surface area contributed by atoms with Gasteiger partial charge < -0.3 is 5.32 Å². The van der Waals surface area contributed by atoms with Crippen LogP contribution >= 0.6 is 62.1 Å². The van der Waals surface area contributed by atoms with Crippen molar-refractivity contribution < 1.29 is 0 Å². The van der Waals surface area contributed by atoms with Crippen molar-refractivity contribution in [2.45, 2.75) is 19.4 Å². The number of thiophene rings is 1. The van der Waals surface area contributed by atoms with Gasteiger partial charge in [0.2, 0.25) is 0 Å². The summed E-state index contributed by atoms with van der Waals surface area (Å²) in [5, 5.41) is 4.65. The molecule has 6 heteroatoms. The van der Waals surface area contributed by atoms with Crippen molar-refractivity contribution in [2.24, 2.45) is 0 Å². The predicted octanol–water partition coefficient (Wildman–Crippen LogP) is 6.56. The van der Waals surface area contributed by atoms with Crippen molar-refractivity contribution in [2.75, 3.05) is 6.54 Å². The van der Waals surface area contributed by atoms with Crippen LogP contribution in [0.15, 0.2) is 28.7 Å². The zero-order valence-corrected chi connectivity index (χ0v) is 15.4. The van der Waals surface area contributed by atoms with Crippen LogP contribution in [-0.2, 0) is 0 Å². The summed E-state index contributed by atoms with van der Waals surface area (Å²) in [6, 6.07) is 7.83. The number of benzene rings is 1. The van der Waals surface area contributed by atoms with Crippen LogP contribution < -0.4 is 5.32 Å². The second kappa shape index (κ2) is 7.48. The highest BCUT2D eigenvalue weighted by Gasteiger charge is 2.18. The lowest BCUT2D eigenvalue weighted by Gasteiger charge is -2.18. The van der Waals surface area contributed by atoms with Gasteiger partial charge in [-0.25, -0.2) is 0 Å². The van der Waals surface area contributed by atoms with E-state index in [9.17, 15) is 0 Å². The molecule has 0 amide bonds. The van der Waals surface area contributed by atoms with Gasteiger partial charge in [-0.05, 0) is 52.7 Å². The van der Waals surface area contributed by atoms with Crippen LogP contribution in [0, 0.1) is 0 Å². The molecular formula is C14H13BrCl3NS. The largest absolute Gasteiger partial charge is 0.306 e. The lowest BCUT2D eigenvalue weighted by Crippen LogP contribution is -2.22. The monoisotopic (exact) mass is 411 g/mol. The van der Waals surface area contributed by atoms with E-state index in [1.165, 1.54) is 0 Å². The highest BCUT2D eigenvalue weighted by Crippen LogP contribution is 2.38. The third-order valence-electron chi connectivity index (χ3n) is 2.82. The number of hydrogen-bond donors (Lipinski definition) is 1. The summed E-state index contributed by atoms with van der Waals surface area (Å²) >= 11 is 23.3. The van der Waals surface area contributed by atoms with Gasteiger partial charge in [0.1, 0.15) is 4.34 Å². The standard InChI is InChI=1S/C14H13BrCl3NS/c1-2-5-19-13(12-7-9(15)14(18)20-12)8-3-4-10(16)11(17)6-8/h3-4,6-7,13,19H,2,5H2,1H3. The molecule has 1 unspecified atom stereocenters. The Morgan fingerprint density at radius 3 is 2.50 bits per heavy atom. The smallest absolute Gasteiger partial charge is 0.107 e. The molecule has 0 aliphatic heterocycles. The average molecular weight is 414 g/mol. The Hall–Kier alpha value is 0.230. The first-order chi connectivity index (χ1) is 9.52. The quantitative estimate of drug-likeness (QED) is 0.585. The number of halogens is 4. The van der Waals surface area contributed by atoms with Gasteiger partial charge in [-0.15, -0.1) is 11.3 Å². The molecule has 1 aromatic carbocycles. The minimum Gasteiger partial charge on any atom is -0.306 e. The summed E-state index contributed by atoms with van der Waals surface area (Å²) in [5.41, 5.74) is 1.08. The zero-order valence-electron chi connectivity index (χ0n) is 10.7. The van der Waals surface area contributed by atoms with Crippen molar-refractivity contribution in [3.05, 3.63) is 53.6 Å². The topological polar surface area (TPSA) is 12.0 Å². The molecular weight excluding hydrogens is 400 g/mol. The Kier molecular flexibility index (Phi) is 6.21. The molecule has 0 fully saturated rings. The second-order valence-electron chi connectivity index (χ2n) is 4.33. The number of hydrogen-bond acceptors (Lipinski definition) is 2. The fourth-order valence-electron chi connectivity index (χ4n) is 1.87. The Labute approximate surface area is 146 Å². The number of rotatable bonds is 5. The van der Waals surface area contributed by atoms with Crippen LogP contribution in [0.4, 0.5) is 0 Å². The van der Waals surface area contributed by atoms with Gasteiger partial charge in [0.05, 0.1) is 16.1 Å². The van der Waals surface area contributed by atoms with Gasteiger partial charge in [0.25, 0.3) is 0 Å². The van der Waals surface area contributed by atoms with Gasteiger partial charge in [-0.2, -0.15) is 0 Å². The van der Waals surface area contributed by atoms with E-state index >= 15 is 0 Å². The molecule has 0 bridgehead atoms. The molecule has 0 saturated carbocycles. The lowest BCUT2D eigenvalue weighted by molar-refractivity contribution is 0.606. The van der Waals surface area contributed by atoms with Crippen LogP contribution in [0.2, 0.25) is 14.4 Å². The van der Waals surface area contributed by atoms with E-state index in [1.54, 1.807) is 11.3 Å². The van der Waals surface area contributed by atoms with Crippen molar-refractivity contribution >= 4 is 62.1 Å². The molecule has 1 aromatic heterocycles. The van der Waals surface area contributed by atoms with Crippen molar-refractivity contribution in [1.82, 2.24) is 5.32 Å². The molecule has 1 heterocycles. The maximum Gasteiger partial charge on any atom is 0.107 e. The highest BCUT2D eigenvalue weighted by atomic mass is 79.9. The first kappa shape index (κ1) is 16.6. The van der Waals surface area contributed by atoms with E-state index in [2.05, 4.69) is 28.2 Å². The summed E-state index contributed by atoms with van der Waals surface area (Å²) in [7, 11) is 0. The van der Waals surface area contributed by atoms with Crippen LogP contribution in [0.1, 0.15) is 29.8 Å². The molecule has 0 aliphatic rings. The lowest BCUT2D eigenvalue weighted by atomic mass is 10.1. The van der Waals surface area contributed by atoms with E-state index in [4.69, 9.17) is 34.8 Å². The maximum atomic E-state index is 6.15. The third kappa shape index (κ3) is 3.90. The predicted molar refractivity (Wildman–Crippen MR) is 93.6 cm³/mol. The molecule has 0 radical (unpaired) electrons. The third-order valence-corrected chi connectivity index (χ3v) is 6.10. The van der Waals surface area contributed by atoms with Crippen LogP contribution in [0.25, 0.3) is 0 Å². The Balaban J connectivity index is 2.38. The molecule has 1 atom stereocenters. The van der Waals surface area contributed by atoms with E-state index < -0.39 is 0 Å². The average Bonchev–Trinajstić information content (AvgIpc) is 2.74. The van der Waals surface area contributed by atoms with Crippen molar-refractivity contribution in [3.63, 3.8) is 0 Å². The summed E-state index contributed by atoms with van der Waals surface area (Å²) in [6.45, 7) is 3.05. The zero-order chi connectivity index (χ0) is 14.7. The molecule has 0 aliphatic carbocycles. The van der Waals surface area contributed by atoms with E-state index in [0.29, 0.717) is 10.0 Å². The summed E-state index contributed by atoms with van der Waals surface area (Å²) in [6.07, 6.45) is 1.05.